The highest BCUT2D eigenvalue weighted by molar-refractivity contribution is 8.00. The molecule has 0 saturated carbocycles. The van der Waals surface area contributed by atoms with Crippen molar-refractivity contribution in [3.05, 3.63) is 23.9 Å². The van der Waals surface area contributed by atoms with Crippen molar-refractivity contribution < 1.29 is 0 Å². The normalized spacial score (nSPS) is 13.9. The molecule has 15 heavy (non-hydrogen) atoms. The molecular weight excluding hydrogens is 204 g/mol. The number of pyridine rings is 1. The van der Waals surface area contributed by atoms with E-state index in [0.29, 0.717) is 0 Å². The minimum absolute atomic E-state index is 0.202. The van der Waals surface area contributed by atoms with Gasteiger partial charge in [0.25, 0.3) is 0 Å². The molecule has 0 fully saturated rings. The number of rotatable bonds is 3. The van der Waals surface area contributed by atoms with E-state index < -0.39 is 0 Å². The highest BCUT2D eigenvalue weighted by Crippen LogP contribution is 2.30. The summed E-state index contributed by atoms with van der Waals surface area (Å²) in [6.45, 7) is 8.58. The third-order valence-electron chi connectivity index (χ3n) is 1.77. The van der Waals surface area contributed by atoms with Crippen molar-refractivity contribution in [1.29, 1.82) is 0 Å². The molecule has 0 aliphatic rings. The van der Waals surface area contributed by atoms with Gasteiger partial charge in [0.05, 0.1) is 5.03 Å². The van der Waals surface area contributed by atoms with Crippen LogP contribution in [-0.4, -0.2) is 15.8 Å². The molecule has 1 rings (SSSR count). The van der Waals surface area contributed by atoms with Crippen molar-refractivity contribution in [2.24, 2.45) is 5.73 Å². The van der Waals surface area contributed by atoms with Gasteiger partial charge in [-0.25, -0.2) is 4.98 Å². The van der Waals surface area contributed by atoms with Crippen molar-refractivity contribution in [2.75, 3.05) is 0 Å². The van der Waals surface area contributed by atoms with Crippen molar-refractivity contribution in [3.63, 3.8) is 0 Å². The van der Waals surface area contributed by atoms with Crippen LogP contribution in [0.25, 0.3) is 0 Å². The predicted octanol–water partition coefficient (Wildman–Crippen LogP) is 2.86. The lowest BCUT2D eigenvalue weighted by molar-refractivity contribution is 0.733. The Bertz CT molecular complexity index is 298. The minimum Gasteiger partial charge on any atom is -0.328 e. The van der Waals surface area contributed by atoms with E-state index in [2.05, 4.69) is 37.9 Å². The predicted molar refractivity (Wildman–Crippen MR) is 67.2 cm³/mol. The summed E-state index contributed by atoms with van der Waals surface area (Å²) in [6.07, 6.45) is 2.82. The van der Waals surface area contributed by atoms with Crippen LogP contribution in [0.15, 0.2) is 23.4 Å². The standard InChI is InChI=1S/C12H20N2S/c1-9(13)7-10-5-6-11(14-8-10)15-12(2,3)4/h5-6,8-9H,7,13H2,1-4H3. The molecule has 0 amide bonds. The third-order valence-corrected chi connectivity index (χ3v) is 2.83. The van der Waals surface area contributed by atoms with Crippen molar-refractivity contribution in [1.82, 2.24) is 4.98 Å². The zero-order chi connectivity index (χ0) is 11.5. The van der Waals surface area contributed by atoms with Crippen LogP contribution in [0.4, 0.5) is 0 Å². The molecule has 1 heterocycles. The average Bonchev–Trinajstić information content (AvgIpc) is 2.05. The minimum atomic E-state index is 0.202. The van der Waals surface area contributed by atoms with Crippen LogP contribution < -0.4 is 5.73 Å². The van der Waals surface area contributed by atoms with E-state index in [1.165, 1.54) is 5.56 Å². The van der Waals surface area contributed by atoms with Crippen molar-refractivity contribution in [3.8, 4) is 0 Å². The zero-order valence-corrected chi connectivity index (χ0v) is 10.8. The highest BCUT2D eigenvalue weighted by atomic mass is 32.2. The Morgan fingerprint density at radius 3 is 2.47 bits per heavy atom. The summed E-state index contributed by atoms with van der Waals surface area (Å²) < 4.78 is 0.218. The fraction of sp³-hybridized carbons (Fsp3) is 0.583. The molecule has 0 aromatic carbocycles. The van der Waals surface area contributed by atoms with Gasteiger partial charge >= 0.3 is 0 Å². The quantitative estimate of drug-likeness (QED) is 0.802. The smallest absolute Gasteiger partial charge is 0.0965 e. The van der Waals surface area contributed by atoms with Crippen LogP contribution in [0.3, 0.4) is 0 Å². The van der Waals surface area contributed by atoms with Crippen molar-refractivity contribution >= 4 is 11.8 Å². The zero-order valence-electron chi connectivity index (χ0n) is 9.95. The molecule has 1 aromatic rings. The fourth-order valence-electron chi connectivity index (χ4n) is 1.28. The maximum absolute atomic E-state index is 5.73. The van der Waals surface area contributed by atoms with Gasteiger partial charge in [0, 0.05) is 17.0 Å². The van der Waals surface area contributed by atoms with Gasteiger partial charge in [-0.1, -0.05) is 26.8 Å². The second kappa shape index (κ2) is 4.99. The molecule has 84 valence electrons. The monoisotopic (exact) mass is 224 g/mol. The maximum atomic E-state index is 5.73. The molecule has 1 unspecified atom stereocenters. The number of nitrogens with two attached hydrogens (primary N) is 1. The molecule has 0 aliphatic heterocycles. The number of hydrogen-bond donors (Lipinski definition) is 1. The first kappa shape index (κ1) is 12.5. The third kappa shape index (κ3) is 5.19. The first-order valence-electron chi connectivity index (χ1n) is 5.26. The molecule has 2 N–H and O–H groups in total. The van der Waals surface area contributed by atoms with Crippen LogP contribution in [0.5, 0.6) is 0 Å². The van der Waals surface area contributed by atoms with E-state index in [1.807, 2.05) is 13.1 Å². The largest absolute Gasteiger partial charge is 0.328 e. The summed E-state index contributed by atoms with van der Waals surface area (Å²) in [7, 11) is 0. The molecule has 0 saturated heterocycles. The Morgan fingerprint density at radius 2 is 2.07 bits per heavy atom. The topological polar surface area (TPSA) is 38.9 Å². The van der Waals surface area contributed by atoms with E-state index in [-0.39, 0.29) is 10.8 Å². The highest BCUT2D eigenvalue weighted by Gasteiger charge is 2.12. The van der Waals surface area contributed by atoms with Gasteiger partial charge in [-0.05, 0) is 25.0 Å². The second-order valence-corrected chi connectivity index (χ2v) is 6.75. The van der Waals surface area contributed by atoms with E-state index in [4.69, 9.17) is 5.73 Å². The van der Waals surface area contributed by atoms with Gasteiger partial charge in [-0.15, -0.1) is 11.8 Å². The summed E-state index contributed by atoms with van der Waals surface area (Å²) in [5.41, 5.74) is 6.94. The van der Waals surface area contributed by atoms with E-state index in [1.54, 1.807) is 11.8 Å². The lowest BCUT2D eigenvalue weighted by Gasteiger charge is -2.16. The van der Waals surface area contributed by atoms with Gasteiger partial charge in [-0.3, -0.25) is 0 Å². The molecule has 0 spiro atoms. The Hall–Kier alpha value is -0.540. The fourth-order valence-corrected chi connectivity index (χ4v) is 2.15. The number of thioether (sulfide) groups is 1. The van der Waals surface area contributed by atoms with Crippen LogP contribution >= 0.6 is 11.8 Å². The molecular formula is C12H20N2S. The molecule has 1 atom stereocenters. The summed E-state index contributed by atoms with van der Waals surface area (Å²) in [5, 5.41) is 1.08. The van der Waals surface area contributed by atoms with Crippen LogP contribution in [0, 0.1) is 0 Å². The molecule has 1 aromatic heterocycles. The van der Waals surface area contributed by atoms with E-state index >= 15 is 0 Å². The second-order valence-electron chi connectivity index (χ2n) is 4.90. The average molecular weight is 224 g/mol. The molecule has 2 nitrogen and oxygen atoms in total. The summed E-state index contributed by atoms with van der Waals surface area (Å²) in [4.78, 5) is 4.42. The first-order valence-corrected chi connectivity index (χ1v) is 6.08. The molecule has 0 bridgehead atoms. The molecule has 3 heteroatoms. The Morgan fingerprint density at radius 1 is 1.40 bits per heavy atom. The summed E-state index contributed by atoms with van der Waals surface area (Å²) >= 11 is 1.79. The summed E-state index contributed by atoms with van der Waals surface area (Å²) in [5.74, 6) is 0. The Balaban J connectivity index is 2.64. The lowest BCUT2D eigenvalue weighted by Crippen LogP contribution is -2.17. The van der Waals surface area contributed by atoms with Gasteiger partial charge in [0.15, 0.2) is 0 Å². The Kier molecular flexibility index (Phi) is 4.17. The molecule has 0 aliphatic carbocycles. The van der Waals surface area contributed by atoms with Gasteiger partial charge < -0.3 is 5.73 Å². The summed E-state index contributed by atoms with van der Waals surface area (Å²) in [6, 6.07) is 4.39. The maximum Gasteiger partial charge on any atom is 0.0965 e. The van der Waals surface area contributed by atoms with Crippen LogP contribution in [0.1, 0.15) is 33.3 Å². The van der Waals surface area contributed by atoms with Crippen LogP contribution in [0.2, 0.25) is 0 Å². The van der Waals surface area contributed by atoms with Crippen molar-refractivity contribution in [2.45, 2.75) is 49.9 Å². The molecule has 0 radical (unpaired) electrons. The number of nitrogens with zero attached hydrogens (tertiary/aromatic N) is 1. The number of hydrogen-bond acceptors (Lipinski definition) is 3. The van der Waals surface area contributed by atoms with Gasteiger partial charge in [0.1, 0.15) is 0 Å². The van der Waals surface area contributed by atoms with E-state index in [9.17, 15) is 0 Å². The Labute approximate surface area is 96.7 Å². The lowest BCUT2D eigenvalue weighted by atomic mass is 10.1. The van der Waals surface area contributed by atoms with Crippen LogP contribution in [-0.2, 0) is 6.42 Å². The van der Waals surface area contributed by atoms with Gasteiger partial charge in [0.2, 0.25) is 0 Å². The van der Waals surface area contributed by atoms with Gasteiger partial charge in [-0.2, -0.15) is 0 Å². The number of aromatic nitrogens is 1. The van der Waals surface area contributed by atoms with E-state index in [0.717, 1.165) is 11.4 Å². The SMILES string of the molecule is CC(N)Cc1ccc(SC(C)(C)C)nc1. The first-order chi connectivity index (χ1) is 6.87.